The van der Waals surface area contributed by atoms with Gasteiger partial charge in [0.25, 0.3) is 11.9 Å². The Kier molecular flexibility index (Phi) is 12.4. The number of amides is 1. The van der Waals surface area contributed by atoms with Crippen molar-refractivity contribution in [2.24, 2.45) is 11.8 Å². The maximum atomic E-state index is 12.3. The molecule has 0 aliphatic carbocycles. The first-order valence-electron chi connectivity index (χ1n) is 12.4. The summed E-state index contributed by atoms with van der Waals surface area (Å²) in [5.41, 5.74) is 0. The van der Waals surface area contributed by atoms with Gasteiger partial charge in [0.05, 0.1) is 6.20 Å². The number of piperidine rings is 3. The third-order valence-corrected chi connectivity index (χ3v) is 6.37. The molecule has 3 aliphatic rings. The second-order valence-corrected chi connectivity index (χ2v) is 9.36. The van der Waals surface area contributed by atoms with Crippen molar-refractivity contribution >= 4 is 23.7 Å². The number of aliphatic carboxylic acids is 2. The molecule has 196 valence electrons. The highest BCUT2D eigenvalue weighted by molar-refractivity contribution is 5.76. The summed E-state index contributed by atoms with van der Waals surface area (Å²) in [5, 5.41) is 25.3. The van der Waals surface area contributed by atoms with Gasteiger partial charge in [-0.3, -0.25) is 19.4 Å². The summed E-state index contributed by atoms with van der Waals surface area (Å²) in [6.07, 6.45) is 11.3. The molecular weight excluding hydrogens is 452 g/mol. The highest BCUT2D eigenvalue weighted by Gasteiger charge is 2.32. The summed E-state index contributed by atoms with van der Waals surface area (Å²) in [6.45, 7) is 7.43. The number of anilines is 1. The fourth-order valence-corrected chi connectivity index (χ4v) is 4.84. The van der Waals surface area contributed by atoms with Crippen molar-refractivity contribution in [3.8, 4) is 0 Å². The van der Waals surface area contributed by atoms with Crippen molar-refractivity contribution in [3.63, 3.8) is 0 Å². The number of carbonyl (C=O) groups is 3. The van der Waals surface area contributed by atoms with Crippen LogP contribution in [0, 0.1) is 11.8 Å². The zero-order valence-electron chi connectivity index (χ0n) is 20.8. The van der Waals surface area contributed by atoms with E-state index < -0.39 is 11.9 Å². The second-order valence-electron chi connectivity index (χ2n) is 9.36. The molecule has 11 nitrogen and oxygen atoms in total. The lowest BCUT2D eigenvalue weighted by atomic mass is 9.80. The van der Waals surface area contributed by atoms with Crippen LogP contribution >= 0.6 is 0 Å². The quantitative estimate of drug-likeness (QED) is 0.390. The van der Waals surface area contributed by atoms with Crippen molar-refractivity contribution < 1.29 is 24.6 Å². The van der Waals surface area contributed by atoms with E-state index in [1.54, 1.807) is 12.4 Å². The number of fused-ring (bicyclic) bond motifs is 2. The molecule has 3 atom stereocenters. The van der Waals surface area contributed by atoms with E-state index >= 15 is 0 Å². The lowest BCUT2D eigenvalue weighted by molar-refractivity contribution is -0.135. The van der Waals surface area contributed by atoms with Crippen molar-refractivity contribution in [1.82, 2.24) is 25.9 Å². The molecule has 0 unspecified atom stereocenters. The third kappa shape index (κ3) is 11.5. The van der Waals surface area contributed by atoms with Crippen LogP contribution in [-0.4, -0.2) is 82.8 Å². The van der Waals surface area contributed by atoms with Crippen molar-refractivity contribution in [1.29, 1.82) is 0 Å². The van der Waals surface area contributed by atoms with Gasteiger partial charge in [-0.05, 0) is 63.6 Å². The fourth-order valence-electron chi connectivity index (χ4n) is 4.84. The highest BCUT2D eigenvalue weighted by Crippen LogP contribution is 2.26. The molecule has 3 aliphatic heterocycles. The van der Waals surface area contributed by atoms with Crippen molar-refractivity contribution in [2.75, 3.05) is 37.6 Å². The number of carboxylic acid groups (broad SMARTS) is 2. The van der Waals surface area contributed by atoms with Crippen molar-refractivity contribution in [2.45, 2.75) is 64.5 Å². The summed E-state index contributed by atoms with van der Waals surface area (Å²) in [6, 6.07) is 0.874. The number of hydrogen-bond acceptors (Lipinski definition) is 8. The molecule has 35 heavy (non-hydrogen) atoms. The summed E-state index contributed by atoms with van der Waals surface area (Å²) in [7, 11) is 0. The van der Waals surface area contributed by atoms with Crippen LogP contribution in [0.4, 0.5) is 5.82 Å². The Labute approximate surface area is 207 Å². The molecule has 0 radical (unpaired) electrons. The monoisotopic (exact) mass is 492 g/mol. The highest BCUT2D eigenvalue weighted by atomic mass is 16.4. The molecule has 4 heterocycles. The van der Waals surface area contributed by atoms with Gasteiger partial charge in [-0.1, -0.05) is 0 Å². The molecule has 0 aromatic carbocycles. The predicted octanol–water partition coefficient (Wildman–Crippen LogP) is 1.11. The lowest BCUT2D eigenvalue weighted by Gasteiger charge is -2.41. The van der Waals surface area contributed by atoms with E-state index in [2.05, 4.69) is 30.8 Å². The zero-order valence-corrected chi connectivity index (χ0v) is 20.8. The SMILES string of the molecule is CC(=O)O.CC(=O)O.O=C(CCC[C@@H]1NC[C@@H]2CNC[C@H]1C2)NC1CCN(c2cnccn2)CC1. The average molecular weight is 493 g/mol. The summed E-state index contributed by atoms with van der Waals surface area (Å²) >= 11 is 0. The molecule has 3 saturated heterocycles. The summed E-state index contributed by atoms with van der Waals surface area (Å²) < 4.78 is 0. The van der Waals surface area contributed by atoms with Crippen molar-refractivity contribution in [3.05, 3.63) is 18.6 Å². The zero-order chi connectivity index (χ0) is 25.6. The molecular formula is C24H40N6O5. The van der Waals surface area contributed by atoms with Gasteiger partial charge in [0, 0.05) is 57.8 Å². The topological polar surface area (TPSA) is 157 Å². The lowest BCUT2D eigenvalue weighted by Crippen LogP contribution is -2.54. The Bertz CT molecular complexity index is 768. The van der Waals surface area contributed by atoms with Gasteiger partial charge in [-0.2, -0.15) is 0 Å². The molecule has 1 aromatic heterocycles. The van der Waals surface area contributed by atoms with Gasteiger partial charge < -0.3 is 31.1 Å². The number of carbonyl (C=O) groups excluding carboxylic acids is 1. The van der Waals surface area contributed by atoms with E-state index in [4.69, 9.17) is 19.8 Å². The minimum atomic E-state index is -0.833. The maximum Gasteiger partial charge on any atom is 0.300 e. The van der Waals surface area contributed by atoms with Crippen LogP contribution < -0.4 is 20.9 Å². The van der Waals surface area contributed by atoms with Gasteiger partial charge >= 0.3 is 0 Å². The second kappa shape index (κ2) is 15.3. The van der Waals surface area contributed by atoms with E-state index in [-0.39, 0.29) is 5.91 Å². The Hall–Kier alpha value is -2.79. The van der Waals surface area contributed by atoms with Crippen LogP contribution in [0.15, 0.2) is 18.6 Å². The Morgan fingerprint density at radius 3 is 2.40 bits per heavy atom. The number of carboxylic acids is 2. The summed E-state index contributed by atoms with van der Waals surface area (Å²) in [4.78, 5) is 41.1. The van der Waals surface area contributed by atoms with Gasteiger partial charge in [0.15, 0.2) is 0 Å². The number of aromatic nitrogens is 2. The first-order valence-corrected chi connectivity index (χ1v) is 12.4. The predicted molar refractivity (Wildman–Crippen MR) is 132 cm³/mol. The smallest absolute Gasteiger partial charge is 0.300 e. The van der Waals surface area contributed by atoms with Gasteiger partial charge in [0.1, 0.15) is 5.82 Å². The normalized spacial score (nSPS) is 23.6. The molecule has 0 spiro atoms. The van der Waals surface area contributed by atoms with E-state index in [9.17, 15) is 4.79 Å². The average Bonchev–Trinajstić information content (AvgIpc) is 2.81. The van der Waals surface area contributed by atoms with E-state index in [0.29, 0.717) is 18.5 Å². The molecule has 5 N–H and O–H groups in total. The Morgan fingerprint density at radius 1 is 1.09 bits per heavy atom. The fraction of sp³-hybridized carbons (Fsp3) is 0.708. The number of hydrogen-bond donors (Lipinski definition) is 5. The largest absolute Gasteiger partial charge is 0.481 e. The van der Waals surface area contributed by atoms with Crippen LogP contribution in [0.25, 0.3) is 0 Å². The first-order chi connectivity index (χ1) is 16.7. The maximum absolute atomic E-state index is 12.3. The molecule has 0 saturated carbocycles. The van der Waals surface area contributed by atoms with Crippen LogP contribution in [-0.2, 0) is 14.4 Å². The molecule has 3 fully saturated rings. The minimum absolute atomic E-state index is 0.211. The molecule has 4 rings (SSSR count). The van der Waals surface area contributed by atoms with Gasteiger partial charge in [0.2, 0.25) is 5.91 Å². The number of nitrogens with zero attached hydrogens (tertiary/aromatic N) is 3. The van der Waals surface area contributed by atoms with E-state index in [1.165, 1.54) is 6.42 Å². The molecule has 11 heteroatoms. The van der Waals surface area contributed by atoms with Gasteiger partial charge in [-0.25, -0.2) is 4.98 Å². The standard InChI is InChI=1S/C20H32N6O.2C2H4O2/c27-20(3-1-2-18-16-10-15(12-24-18)11-22-13-16)25-17-4-8-26(9-5-17)19-14-21-6-7-23-19;2*1-2(3)4/h6-7,14-18,22,24H,1-5,8-13H2,(H,25,27);2*1H3,(H,3,4)/t15-,16+,18-;;/m0../s1. The first kappa shape index (κ1) is 28.4. The summed E-state index contributed by atoms with van der Waals surface area (Å²) in [5.74, 6) is 1.02. The van der Waals surface area contributed by atoms with Crippen LogP contribution in [0.2, 0.25) is 0 Å². The molecule has 2 bridgehead atoms. The van der Waals surface area contributed by atoms with Crippen LogP contribution in [0.3, 0.4) is 0 Å². The van der Waals surface area contributed by atoms with Crippen LogP contribution in [0.1, 0.15) is 52.4 Å². The molecule has 1 aromatic rings. The molecule has 1 amide bonds. The van der Waals surface area contributed by atoms with E-state index in [1.807, 2.05) is 6.20 Å². The van der Waals surface area contributed by atoms with Gasteiger partial charge in [-0.15, -0.1) is 0 Å². The third-order valence-electron chi connectivity index (χ3n) is 6.37. The van der Waals surface area contributed by atoms with Crippen LogP contribution in [0.5, 0.6) is 0 Å². The number of nitrogens with one attached hydrogen (secondary N) is 3. The Balaban J connectivity index is 0.000000473. The van der Waals surface area contributed by atoms with E-state index in [0.717, 1.165) is 89.9 Å². The number of rotatable bonds is 6. The minimum Gasteiger partial charge on any atom is -0.481 e. The Morgan fingerprint density at radius 2 is 1.77 bits per heavy atom.